The number of ether oxygens (including phenoxy) is 2. The normalized spacial score (nSPS) is 18.9. The van der Waals surface area contributed by atoms with Gasteiger partial charge < -0.3 is 19.7 Å². The number of fused-ring (bicyclic) bond motifs is 1. The van der Waals surface area contributed by atoms with E-state index < -0.39 is 6.04 Å². The number of benzene rings is 1. The maximum absolute atomic E-state index is 12.6. The summed E-state index contributed by atoms with van der Waals surface area (Å²) in [4.78, 5) is 27.5. The third kappa shape index (κ3) is 2.82. The van der Waals surface area contributed by atoms with Crippen molar-refractivity contribution in [2.24, 2.45) is 0 Å². The minimum absolute atomic E-state index is 0.0224. The summed E-state index contributed by atoms with van der Waals surface area (Å²) in [6, 6.07) is 8.75. The van der Waals surface area contributed by atoms with Gasteiger partial charge in [-0.15, -0.1) is 11.3 Å². The second-order valence-corrected chi connectivity index (χ2v) is 6.75. The molecule has 2 aromatic rings. The molecule has 6 nitrogen and oxygen atoms in total. The molecule has 0 spiro atoms. The first-order valence-electron chi connectivity index (χ1n) is 7.73. The van der Waals surface area contributed by atoms with Crippen molar-refractivity contribution < 1.29 is 19.1 Å². The van der Waals surface area contributed by atoms with E-state index in [1.54, 1.807) is 34.4 Å². The van der Waals surface area contributed by atoms with Crippen LogP contribution in [-0.4, -0.2) is 29.5 Å². The number of carbonyl (C=O) groups is 2. The molecule has 3 heterocycles. The Morgan fingerprint density at radius 3 is 3.00 bits per heavy atom. The fourth-order valence-corrected chi connectivity index (χ4v) is 3.68. The first-order valence-corrected chi connectivity index (χ1v) is 8.61. The van der Waals surface area contributed by atoms with Crippen LogP contribution >= 0.6 is 11.3 Å². The molecule has 0 radical (unpaired) electrons. The molecule has 1 N–H and O–H groups in total. The molecule has 0 aliphatic carbocycles. The van der Waals surface area contributed by atoms with Gasteiger partial charge in [-0.3, -0.25) is 9.59 Å². The molecule has 1 saturated heterocycles. The molecule has 2 aliphatic rings. The molecule has 1 atom stereocenters. The number of hydrogen-bond acceptors (Lipinski definition) is 5. The van der Waals surface area contributed by atoms with Crippen LogP contribution < -0.4 is 14.8 Å². The summed E-state index contributed by atoms with van der Waals surface area (Å²) in [5.74, 6) is 1.14. The largest absolute Gasteiger partial charge is 0.454 e. The van der Waals surface area contributed by atoms with Gasteiger partial charge in [-0.05, 0) is 30.0 Å². The number of carbonyl (C=O) groups excluding carboxylic acids is 2. The van der Waals surface area contributed by atoms with Crippen molar-refractivity contribution >= 4 is 28.8 Å². The van der Waals surface area contributed by atoms with Gasteiger partial charge in [-0.1, -0.05) is 6.07 Å². The highest BCUT2D eigenvalue weighted by molar-refractivity contribution is 7.09. The minimum atomic E-state index is -0.440. The van der Waals surface area contributed by atoms with Crippen LogP contribution in [-0.2, 0) is 16.1 Å². The van der Waals surface area contributed by atoms with Gasteiger partial charge in [0.2, 0.25) is 18.6 Å². The number of amides is 2. The summed E-state index contributed by atoms with van der Waals surface area (Å²) >= 11 is 1.59. The summed E-state index contributed by atoms with van der Waals surface area (Å²) in [6.07, 6.45) is 0.950. The van der Waals surface area contributed by atoms with Crippen LogP contribution in [0.5, 0.6) is 11.5 Å². The predicted octanol–water partition coefficient (Wildman–Crippen LogP) is 2.61. The van der Waals surface area contributed by atoms with Crippen molar-refractivity contribution in [3.05, 3.63) is 40.6 Å². The first-order chi connectivity index (χ1) is 11.7. The van der Waals surface area contributed by atoms with Gasteiger partial charge in [0, 0.05) is 23.1 Å². The van der Waals surface area contributed by atoms with Gasteiger partial charge in [0.25, 0.3) is 0 Å². The lowest BCUT2D eigenvalue weighted by Gasteiger charge is -2.23. The quantitative estimate of drug-likeness (QED) is 0.926. The molecular weight excluding hydrogens is 328 g/mol. The maximum Gasteiger partial charge on any atom is 0.247 e. The summed E-state index contributed by atoms with van der Waals surface area (Å²) in [5.41, 5.74) is 0.639. The highest BCUT2D eigenvalue weighted by Crippen LogP contribution is 2.34. The van der Waals surface area contributed by atoms with E-state index in [1.165, 1.54) is 0 Å². The molecule has 1 aromatic carbocycles. The van der Waals surface area contributed by atoms with Crippen LogP contribution in [0, 0.1) is 0 Å². The van der Waals surface area contributed by atoms with E-state index in [-0.39, 0.29) is 18.6 Å². The predicted molar refractivity (Wildman–Crippen MR) is 89.1 cm³/mol. The second-order valence-electron chi connectivity index (χ2n) is 5.71. The van der Waals surface area contributed by atoms with Crippen LogP contribution in [0.25, 0.3) is 0 Å². The van der Waals surface area contributed by atoms with Crippen LogP contribution in [0.1, 0.15) is 17.7 Å². The average Bonchev–Trinajstić information content (AvgIpc) is 3.30. The minimum Gasteiger partial charge on any atom is -0.454 e. The van der Waals surface area contributed by atoms with Gasteiger partial charge in [0.15, 0.2) is 11.5 Å². The molecule has 2 aliphatic heterocycles. The molecule has 2 amide bonds. The molecule has 4 rings (SSSR count). The van der Waals surface area contributed by atoms with Gasteiger partial charge in [-0.2, -0.15) is 0 Å². The SMILES string of the molecule is O=C(Nc1ccc2c(c1)OCO2)[C@H]1CCC(=O)N1Cc1cccs1. The zero-order chi connectivity index (χ0) is 16.5. The molecule has 1 aromatic heterocycles. The molecule has 0 unspecified atom stereocenters. The van der Waals surface area contributed by atoms with Crippen molar-refractivity contribution in [2.75, 3.05) is 12.1 Å². The third-order valence-corrected chi connectivity index (χ3v) is 5.04. The van der Waals surface area contributed by atoms with Crippen LogP contribution in [0.15, 0.2) is 35.7 Å². The Morgan fingerprint density at radius 2 is 2.17 bits per heavy atom. The number of likely N-dealkylation sites (tertiary alicyclic amines) is 1. The Kier molecular flexibility index (Phi) is 3.86. The van der Waals surface area contributed by atoms with Crippen molar-refractivity contribution in [2.45, 2.75) is 25.4 Å². The monoisotopic (exact) mass is 344 g/mol. The van der Waals surface area contributed by atoms with E-state index >= 15 is 0 Å². The van der Waals surface area contributed by atoms with Gasteiger partial charge in [0.05, 0.1) is 6.54 Å². The number of thiophene rings is 1. The standard InChI is InChI=1S/C17H16N2O4S/c20-16-6-4-13(19(16)9-12-2-1-7-24-12)17(21)18-11-3-5-14-15(8-11)23-10-22-14/h1-3,5,7-8,13H,4,6,9-10H2,(H,18,21)/t13-/m1/s1. The smallest absolute Gasteiger partial charge is 0.247 e. The van der Waals surface area contributed by atoms with E-state index in [2.05, 4.69) is 5.32 Å². The van der Waals surface area contributed by atoms with Crippen LogP contribution in [0.4, 0.5) is 5.69 Å². The lowest BCUT2D eigenvalue weighted by atomic mass is 10.2. The zero-order valence-corrected chi connectivity index (χ0v) is 13.7. The Labute approximate surface area is 143 Å². The third-order valence-electron chi connectivity index (χ3n) is 4.18. The fraction of sp³-hybridized carbons (Fsp3) is 0.294. The van der Waals surface area contributed by atoms with Gasteiger partial charge in [0.1, 0.15) is 6.04 Å². The number of hydrogen-bond donors (Lipinski definition) is 1. The van der Waals surface area contributed by atoms with E-state index in [1.807, 2.05) is 17.5 Å². The molecule has 124 valence electrons. The van der Waals surface area contributed by atoms with Crippen LogP contribution in [0.3, 0.4) is 0 Å². The molecule has 1 fully saturated rings. The fourth-order valence-electron chi connectivity index (χ4n) is 2.97. The van der Waals surface area contributed by atoms with Crippen molar-refractivity contribution in [3.63, 3.8) is 0 Å². The summed E-state index contributed by atoms with van der Waals surface area (Å²) in [6.45, 7) is 0.675. The summed E-state index contributed by atoms with van der Waals surface area (Å²) in [7, 11) is 0. The van der Waals surface area contributed by atoms with Gasteiger partial charge in [-0.25, -0.2) is 0 Å². The Bertz CT molecular complexity index is 775. The second kappa shape index (κ2) is 6.16. The lowest BCUT2D eigenvalue weighted by molar-refractivity contribution is -0.133. The van der Waals surface area contributed by atoms with Crippen molar-refractivity contribution in [3.8, 4) is 11.5 Å². The van der Waals surface area contributed by atoms with Gasteiger partial charge >= 0.3 is 0 Å². The molecule has 24 heavy (non-hydrogen) atoms. The zero-order valence-electron chi connectivity index (χ0n) is 12.9. The highest BCUT2D eigenvalue weighted by Gasteiger charge is 2.36. The van der Waals surface area contributed by atoms with E-state index in [4.69, 9.17) is 9.47 Å². The number of nitrogens with one attached hydrogen (secondary N) is 1. The van der Waals surface area contributed by atoms with E-state index in [0.717, 1.165) is 4.88 Å². The van der Waals surface area contributed by atoms with E-state index in [0.29, 0.717) is 36.6 Å². The van der Waals surface area contributed by atoms with Crippen molar-refractivity contribution in [1.29, 1.82) is 0 Å². The van der Waals surface area contributed by atoms with Crippen molar-refractivity contribution in [1.82, 2.24) is 4.90 Å². The first kappa shape index (κ1) is 15.0. The number of rotatable bonds is 4. The maximum atomic E-state index is 12.6. The Hall–Kier alpha value is -2.54. The Morgan fingerprint density at radius 1 is 1.29 bits per heavy atom. The average molecular weight is 344 g/mol. The summed E-state index contributed by atoms with van der Waals surface area (Å²) in [5, 5.41) is 4.85. The Balaban J connectivity index is 1.47. The molecule has 0 bridgehead atoms. The molecule has 7 heteroatoms. The lowest BCUT2D eigenvalue weighted by Crippen LogP contribution is -2.40. The van der Waals surface area contributed by atoms with E-state index in [9.17, 15) is 9.59 Å². The summed E-state index contributed by atoms with van der Waals surface area (Å²) < 4.78 is 10.6. The topological polar surface area (TPSA) is 67.9 Å². The molecule has 0 saturated carbocycles. The molecular formula is C17H16N2O4S. The number of anilines is 1. The number of nitrogens with zero attached hydrogens (tertiary/aromatic N) is 1. The van der Waals surface area contributed by atoms with Crippen LogP contribution in [0.2, 0.25) is 0 Å². The highest BCUT2D eigenvalue weighted by atomic mass is 32.1.